The molecule has 3 heteroatoms. The van der Waals surface area contributed by atoms with Gasteiger partial charge in [0.25, 0.3) is 0 Å². The summed E-state index contributed by atoms with van der Waals surface area (Å²) in [5.41, 5.74) is 0. The summed E-state index contributed by atoms with van der Waals surface area (Å²) in [6.07, 6.45) is 3.64. The van der Waals surface area contributed by atoms with Crippen LogP contribution in [0.15, 0.2) is 0 Å². The summed E-state index contributed by atoms with van der Waals surface area (Å²) in [6, 6.07) is 0.150. The highest BCUT2D eigenvalue weighted by molar-refractivity contribution is 5.74. The van der Waals surface area contributed by atoms with Crippen molar-refractivity contribution in [2.45, 2.75) is 26.2 Å². The minimum absolute atomic E-state index is 0.150. The van der Waals surface area contributed by atoms with Crippen LogP contribution in [0.5, 0.6) is 0 Å². The normalized spacial score (nSPS) is 31.9. The van der Waals surface area contributed by atoms with Crippen LogP contribution in [0.25, 0.3) is 0 Å². The highest BCUT2D eigenvalue weighted by Crippen LogP contribution is 2.36. The molecule has 2 rings (SSSR count). The van der Waals surface area contributed by atoms with Crippen molar-refractivity contribution in [3.8, 4) is 0 Å². The van der Waals surface area contributed by atoms with Gasteiger partial charge in [-0.05, 0) is 31.1 Å². The molecule has 2 amide bonds. The van der Waals surface area contributed by atoms with E-state index in [1.165, 1.54) is 19.3 Å². The number of carbonyl (C=O) groups excluding carboxylic acids is 1. The van der Waals surface area contributed by atoms with Crippen LogP contribution in [0.3, 0.4) is 0 Å². The average molecular weight is 182 g/mol. The van der Waals surface area contributed by atoms with Crippen LogP contribution in [0.4, 0.5) is 4.79 Å². The van der Waals surface area contributed by atoms with E-state index in [4.69, 9.17) is 0 Å². The molecular weight excluding hydrogens is 164 g/mol. The molecule has 2 fully saturated rings. The maximum atomic E-state index is 11.5. The van der Waals surface area contributed by atoms with Gasteiger partial charge in [0.1, 0.15) is 0 Å². The molecule has 0 spiro atoms. The second-order valence-corrected chi connectivity index (χ2v) is 4.35. The number of hydrogen-bond acceptors (Lipinski definition) is 1. The number of likely N-dealkylation sites (tertiary alicyclic amines) is 1. The fourth-order valence-corrected chi connectivity index (χ4v) is 1.93. The molecule has 1 saturated heterocycles. The third-order valence-electron chi connectivity index (χ3n) is 3.18. The van der Waals surface area contributed by atoms with Gasteiger partial charge in [0, 0.05) is 19.6 Å². The van der Waals surface area contributed by atoms with Crippen LogP contribution in [-0.2, 0) is 0 Å². The highest BCUT2D eigenvalue weighted by atomic mass is 16.2. The number of carbonyl (C=O) groups is 1. The first-order valence-electron chi connectivity index (χ1n) is 5.30. The number of nitrogens with zero attached hydrogens (tertiary/aromatic N) is 1. The molecule has 74 valence electrons. The Labute approximate surface area is 79.5 Å². The summed E-state index contributed by atoms with van der Waals surface area (Å²) < 4.78 is 0. The molecule has 0 aromatic carbocycles. The van der Waals surface area contributed by atoms with E-state index in [-0.39, 0.29) is 6.03 Å². The van der Waals surface area contributed by atoms with E-state index in [1.807, 2.05) is 4.90 Å². The first kappa shape index (κ1) is 8.85. The number of urea groups is 1. The Bertz CT molecular complexity index is 199. The molecule has 1 aliphatic heterocycles. The van der Waals surface area contributed by atoms with Crippen molar-refractivity contribution in [2.24, 2.45) is 11.8 Å². The maximum absolute atomic E-state index is 11.5. The lowest BCUT2D eigenvalue weighted by atomic mass is 10.3. The molecule has 13 heavy (non-hydrogen) atoms. The lowest BCUT2D eigenvalue weighted by molar-refractivity contribution is 0.208. The van der Waals surface area contributed by atoms with Crippen LogP contribution >= 0.6 is 0 Å². The number of amides is 2. The Balaban J connectivity index is 1.66. The summed E-state index contributed by atoms with van der Waals surface area (Å²) in [4.78, 5) is 13.4. The minimum atomic E-state index is 0.150. The Hall–Kier alpha value is -0.730. The van der Waals surface area contributed by atoms with Gasteiger partial charge in [0.2, 0.25) is 0 Å². The van der Waals surface area contributed by atoms with Crippen molar-refractivity contribution in [1.29, 1.82) is 0 Å². The number of hydrogen-bond donors (Lipinski definition) is 1. The third-order valence-corrected chi connectivity index (χ3v) is 3.18. The van der Waals surface area contributed by atoms with E-state index in [2.05, 4.69) is 12.2 Å². The van der Waals surface area contributed by atoms with Crippen LogP contribution in [-0.4, -0.2) is 30.6 Å². The lowest BCUT2D eigenvalue weighted by Crippen LogP contribution is -2.38. The SMILES string of the molecule is CC1CC1CNC(=O)N1CCCC1. The monoisotopic (exact) mass is 182 g/mol. The van der Waals surface area contributed by atoms with Crippen LogP contribution in [0, 0.1) is 11.8 Å². The Morgan fingerprint density at radius 3 is 2.62 bits per heavy atom. The van der Waals surface area contributed by atoms with Gasteiger partial charge in [-0.15, -0.1) is 0 Å². The number of rotatable bonds is 2. The van der Waals surface area contributed by atoms with Crippen molar-refractivity contribution >= 4 is 6.03 Å². The molecule has 0 radical (unpaired) electrons. The molecule has 0 aromatic rings. The molecule has 1 heterocycles. The van der Waals surface area contributed by atoms with E-state index >= 15 is 0 Å². The molecule has 0 aromatic heterocycles. The Morgan fingerprint density at radius 2 is 2.08 bits per heavy atom. The molecule has 2 unspecified atom stereocenters. The zero-order chi connectivity index (χ0) is 9.26. The predicted molar refractivity (Wildman–Crippen MR) is 51.5 cm³/mol. The van der Waals surface area contributed by atoms with Crippen molar-refractivity contribution in [1.82, 2.24) is 10.2 Å². The summed E-state index contributed by atoms with van der Waals surface area (Å²) in [5.74, 6) is 1.59. The van der Waals surface area contributed by atoms with Crippen LogP contribution < -0.4 is 5.32 Å². The van der Waals surface area contributed by atoms with E-state index in [9.17, 15) is 4.79 Å². The summed E-state index contributed by atoms with van der Waals surface area (Å²) in [6.45, 7) is 5.03. The average Bonchev–Trinajstić information content (AvgIpc) is 2.67. The molecule has 1 N–H and O–H groups in total. The minimum Gasteiger partial charge on any atom is -0.338 e. The smallest absolute Gasteiger partial charge is 0.317 e. The quantitative estimate of drug-likeness (QED) is 0.688. The molecule has 1 aliphatic carbocycles. The highest BCUT2D eigenvalue weighted by Gasteiger charge is 2.32. The Morgan fingerprint density at radius 1 is 1.46 bits per heavy atom. The van der Waals surface area contributed by atoms with E-state index in [0.29, 0.717) is 0 Å². The topological polar surface area (TPSA) is 32.3 Å². The number of nitrogens with one attached hydrogen (secondary N) is 1. The first-order chi connectivity index (χ1) is 6.27. The molecule has 2 aliphatic rings. The van der Waals surface area contributed by atoms with Gasteiger partial charge < -0.3 is 10.2 Å². The molecule has 2 atom stereocenters. The van der Waals surface area contributed by atoms with Gasteiger partial charge in [-0.3, -0.25) is 0 Å². The zero-order valence-electron chi connectivity index (χ0n) is 8.25. The molecule has 1 saturated carbocycles. The van der Waals surface area contributed by atoms with Crippen LogP contribution in [0.2, 0.25) is 0 Å². The fourth-order valence-electron chi connectivity index (χ4n) is 1.93. The van der Waals surface area contributed by atoms with Gasteiger partial charge in [-0.25, -0.2) is 4.79 Å². The lowest BCUT2D eigenvalue weighted by Gasteiger charge is -2.15. The predicted octanol–water partition coefficient (Wildman–Crippen LogP) is 1.45. The van der Waals surface area contributed by atoms with Crippen molar-refractivity contribution in [3.05, 3.63) is 0 Å². The second-order valence-electron chi connectivity index (χ2n) is 4.35. The molecule has 0 bridgehead atoms. The van der Waals surface area contributed by atoms with Crippen molar-refractivity contribution in [3.63, 3.8) is 0 Å². The van der Waals surface area contributed by atoms with Gasteiger partial charge in [-0.2, -0.15) is 0 Å². The maximum Gasteiger partial charge on any atom is 0.317 e. The van der Waals surface area contributed by atoms with Crippen molar-refractivity contribution in [2.75, 3.05) is 19.6 Å². The van der Waals surface area contributed by atoms with Gasteiger partial charge in [-0.1, -0.05) is 6.92 Å². The third kappa shape index (κ3) is 2.14. The van der Waals surface area contributed by atoms with Crippen molar-refractivity contribution < 1.29 is 4.79 Å². The van der Waals surface area contributed by atoms with E-state index in [1.54, 1.807) is 0 Å². The fraction of sp³-hybridized carbons (Fsp3) is 0.900. The molecule has 3 nitrogen and oxygen atoms in total. The van der Waals surface area contributed by atoms with Crippen LogP contribution in [0.1, 0.15) is 26.2 Å². The zero-order valence-corrected chi connectivity index (χ0v) is 8.25. The summed E-state index contributed by atoms with van der Waals surface area (Å²) >= 11 is 0. The van der Waals surface area contributed by atoms with E-state index < -0.39 is 0 Å². The first-order valence-corrected chi connectivity index (χ1v) is 5.30. The summed E-state index contributed by atoms with van der Waals surface area (Å²) in [5, 5.41) is 3.00. The molecular formula is C10H18N2O. The summed E-state index contributed by atoms with van der Waals surface area (Å²) in [7, 11) is 0. The Kier molecular flexibility index (Phi) is 2.42. The van der Waals surface area contributed by atoms with Gasteiger partial charge in [0.05, 0.1) is 0 Å². The largest absolute Gasteiger partial charge is 0.338 e. The standard InChI is InChI=1S/C10H18N2O/c1-8-6-9(8)7-11-10(13)12-4-2-3-5-12/h8-9H,2-7H2,1H3,(H,11,13). The van der Waals surface area contributed by atoms with E-state index in [0.717, 1.165) is 31.5 Å². The van der Waals surface area contributed by atoms with Gasteiger partial charge >= 0.3 is 6.03 Å². The second kappa shape index (κ2) is 3.56. The van der Waals surface area contributed by atoms with Gasteiger partial charge in [0.15, 0.2) is 0 Å².